The molecule has 3 heterocycles. The molecular formula is C36H44ClN3O3. The highest BCUT2D eigenvalue weighted by Crippen LogP contribution is 2.31. The number of ether oxygens (including phenoxy) is 1. The predicted molar refractivity (Wildman–Crippen MR) is 175 cm³/mol. The lowest BCUT2D eigenvalue weighted by Gasteiger charge is -2.32. The summed E-state index contributed by atoms with van der Waals surface area (Å²) in [5.41, 5.74) is 3.73. The van der Waals surface area contributed by atoms with E-state index >= 15 is 0 Å². The Morgan fingerprint density at radius 3 is 2.42 bits per heavy atom. The van der Waals surface area contributed by atoms with Crippen molar-refractivity contribution in [1.29, 1.82) is 0 Å². The second-order valence-corrected chi connectivity index (χ2v) is 13.6. The number of fused-ring (bicyclic) bond motifs is 3. The minimum atomic E-state index is -0.0905. The van der Waals surface area contributed by atoms with E-state index in [2.05, 4.69) is 59.3 Å². The number of hydrogen-bond donors (Lipinski definition) is 1. The molecule has 43 heavy (non-hydrogen) atoms. The molecule has 0 radical (unpaired) electrons. The molecule has 3 aromatic carbocycles. The quantitative estimate of drug-likeness (QED) is 0.211. The molecule has 6 nitrogen and oxygen atoms in total. The van der Waals surface area contributed by atoms with E-state index in [1.54, 1.807) is 6.07 Å². The maximum absolute atomic E-state index is 13.0. The summed E-state index contributed by atoms with van der Waals surface area (Å²) >= 11 is 6.61. The first-order valence-corrected chi connectivity index (χ1v) is 16.3. The van der Waals surface area contributed by atoms with Crippen LogP contribution in [0.15, 0.2) is 65.1 Å². The van der Waals surface area contributed by atoms with Crippen molar-refractivity contribution >= 4 is 39.4 Å². The maximum atomic E-state index is 13.0. The Labute approximate surface area is 260 Å². The van der Waals surface area contributed by atoms with Crippen LogP contribution in [0.4, 0.5) is 0 Å². The molecule has 2 aliphatic rings. The molecule has 0 saturated carbocycles. The number of benzene rings is 3. The van der Waals surface area contributed by atoms with Gasteiger partial charge in [-0.25, -0.2) is 0 Å². The zero-order valence-corrected chi connectivity index (χ0v) is 26.3. The van der Waals surface area contributed by atoms with E-state index in [4.69, 9.17) is 20.8 Å². The minimum Gasteiger partial charge on any atom is -0.489 e. The van der Waals surface area contributed by atoms with Crippen LogP contribution in [0.1, 0.15) is 68.3 Å². The van der Waals surface area contributed by atoms with Gasteiger partial charge < -0.3 is 19.4 Å². The van der Waals surface area contributed by atoms with Crippen LogP contribution >= 0.6 is 11.6 Å². The second-order valence-electron chi connectivity index (χ2n) is 13.2. The number of piperidine rings is 1. The number of likely N-dealkylation sites (tertiary alicyclic amines) is 2. The Balaban J connectivity index is 0.979. The topological polar surface area (TPSA) is 58.0 Å². The Kier molecular flexibility index (Phi) is 9.27. The number of rotatable bonds is 9. The largest absolute Gasteiger partial charge is 0.489 e. The van der Waals surface area contributed by atoms with Crippen LogP contribution in [0, 0.1) is 5.41 Å². The monoisotopic (exact) mass is 601 g/mol. The Morgan fingerprint density at radius 1 is 0.907 bits per heavy atom. The molecule has 4 aromatic rings. The van der Waals surface area contributed by atoms with Crippen LogP contribution in [-0.2, 0) is 6.54 Å². The number of para-hydroxylation sites is 1. The van der Waals surface area contributed by atoms with Gasteiger partial charge >= 0.3 is 0 Å². The van der Waals surface area contributed by atoms with E-state index < -0.39 is 0 Å². The third-order valence-electron chi connectivity index (χ3n) is 8.95. The molecule has 0 bridgehead atoms. The molecule has 228 valence electrons. The van der Waals surface area contributed by atoms with Gasteiger partial charge in [0.1, 0.15) is 23.0 Å². The first-order chi connectivity index (χ1) is 20.8. The van der Waals surface area contributed by atoms with Gasteiger partial charge in [-0.1, -0.05) is 62.6 Å². The lowest BCUT2D eigenvalue weighted by atomic mass is 9.92. The lowest BCUT2D eigenvalue weighted by Crippen LogP contribution is -2.42. The van der Waals surface area contributed by atoms with Crippen LogP contribution in [0.3, 0.4) is 0 Å². The van der Waals surface area contributed by atoms with Gasteiger partial charge in [0.2, 0.25) is 0 Å². The molecule has 0 aliphatic carbocycles. The molecular weight excluding hydrogens is 558 g/mol. The van der Waals surface area contributed by atoms with E-state index in [1.807, 2.05) is 24.3 Å². The summed E-state index contributed by atoms with van der Waals surface area (Å²) in [5.74, 6) is 0.558. The maximum Gasteiger partial charge on any atom is 0.251 e. The molecule has 0 unspecified atom stereocenters. The highest BCUT2D eigenvalue weighted by molar-refractivity contribution is 6.32. The van der Waals surface area contributed by atoms with Crippen molar-refractivity contribution in [2.24, 2.45) is 5.41 Å². The molecule has 0 spiro atoms. The summed E-state index contributed by atoms with van der Waals surface area (Å²) < 4.78 is 12.3. The third kappa shape index (κ3) is 7.54. The first-order valence-electron chi connectivity index (χ1n) is 15.9. The van der Waals surface area contributed by atoms with Crippen LogP contribution in [0.2, 0.25) is 5.02 Å². The number of nitrogens with zero attached hydrogens (tertiary/aromatic N) is 2. The average Bonchev–Trinajstić information content (AvgIpc) is 3.17. The SMILES string of the molecule is CC(C)(CNC(=O)c1ccc(OC2CCN(Cc3ccc4oc5ccccc5c4c3)CC2)c(Cl)c1)CN1CCCCCC1. The number of hydrogen-bond acceptors (Lipinski definition) is 5. The van der Waals surface area contributed by atoms with Gasteiger partial charge in [0.25, 0.3) is 5.91 Å². The van der Waals surface area contributed by atoms with Gasteiger partial charge in [0, 0.05) is 49.1 Å². The number of carbonyl (C=O) groups is 1. The minimum absolute atomic E-state index is 0.00207. The Bertz CT molecular complexity index is 1550. The van der Waals surface area contributed by atoms with Crippen molar-refractivity contribution in [1.82, 2.24) is 15.1 Å². The van der Waals surface area contributed by atoms with Crippen molar-refractivity contribution in [3.05, 3.63) is 76.8 Å². The fourth-order valence-corrected chi connectivity index (χ4v) is 6.83. The zero-order valence-electron chi connectivity index (χ0n) is 25.5. The highest BCUT2D eigenvalue weighted by Gasteiger charge is 2.25. The fraction of sp³-hybridized carbons (Fsp3) is 0.472. The first kappa shape index (κ1) is 30.0. The molecule has 1 amide bonds. The van der Waals surface area contributed by atoms with Crippen LogP contribution in [0.5, 0.6) is 5.75 Å². The number of furan rings is 1. The van der Waals surface area contributed by atoms with E-state index in [0.717, 1.165) is 63.3 Å². The summed E-state index contributed by atoms with van der Waals surface area (Å²) in [6.45, 7) is 11.2. The van der Waals surface area contributed by atoms with Crippen LogP contribution in [-0.4, -0.2) is 61.1 Å². The molecule has 2 saturated heterocycles. The van der Waals surface area contributed by atoms with Gasteiger partial charge in [0.05, 0.1) is 5.02 Å². The number of nitrogens with one attached hydrogen (secondary N) is 1. The molecule has 1 aromatic heterocycles. The van der Waals surface area contributed by atoms with Crippen molar-refractivity contribution in [2.75, 3.05) is 39.3 Å². The molecule has 0 atom stereocenters. The average molecular weight is 602 g/mol. The Morgan fingerprint density at radius 2 is 1.65 bits per heavy atom. The smallest absolute Gasteiger partial charge is 0.251 e. The zero-order chi connectivity index (χ0) is 29.8. The second kappa shape index (κ2) is 13.3. The van der Waals surface area contributed by atoms with Crippen LogP contribution < -0.4 is 10.1 Å². The van der Waals surface area contributed by atoms with Crippen molar-refractivity contribution in [2.45, 2.75) is 65.0 Å². The highest BCUT2D eigenvalue weighted by atomic mass is 35.5. The van der Waals surface area contributed by atoms with Gasteiger partial charge in [-0.05, 0) is 86.1 Å². The number of amides is 1. The summed E-state index contributed by atoms with van der Waals surface area (Å²) in [4.78, 5) is 18.0. The summed E-state index contributed by atoms with van der Waals surface area (Å²) in [6.07, 6.45) is 7.17. The molecule has 7 heteroatoms. The molecule has 2 aliphatic heterocycles. The van der Waals surface area contributed by atoms with E-state index in [-0.39, 0.29) is 17.4 Å². The van der Waals surface area contributed by atoms with Gasteiger partial charge in [-0.15, -0.1) is 0 Å². The lowest BCUT2D eigenvalue weighted by molar-refractivity contribution is 0.0921. The van der Waals surface area contributed by atoms with Gasteiger partial charge in [0.15, 0.2) is 0 Å². The van der Waals surface area contributed by atoms with Crippen molar-refractivity contribution in [3.8, 4) is 5.75 Å². The normalized spacial score (nSPS) is 17.7. The molecule has 2 fully saturated rings. The van der Waals surface area contributed by atoms with E-state index in [9.17, 15) is 4.79 Å². The summed E-state index contributed by atoms with van der Waals surface area (Å²) in [7, 11) is 0. The summed E-state index contributed by atoms with van der Waals surface area (Å²) in [5, 5.41) is 5.97. The summed E-state index contributed by atoms with van der Waals surface area (Å²) in [6, 6.07) is 20.1. The van der Waals surface area contributed by atoms with E-state index in [1.165, 1.54) is 42.0 Å². The van der Waals surface area contributed by atoms with Crippen LogP contribution in [0.25, 0.3) is 21.9 Å². The van der Waals surface area contributed by atoms with Gasteiger partial charge in [-0.3, -0.25) is 9.69 Å². The number of carbonyl (C=O) groups excluding carboxylic acids is 1. The number of halogens is 1. The van der Waals surface area contributed by atoms with E-state index in [0.29, 0.717) is 22.9 Å². The Hall–Kier alpha value is -3.06. The van der Waals surface area contributed by atoms with Crippen molar-refractivity contribution < 1.29 is 13.9 Å². The molecule has 1 N–H and O–H groups in total. The van der Waals surface area contributed by atoms with Crippen molar-refractivity contribution in [3.63, 3.8) is 0 Å². The fourth-order valence-electron chi connectivity index (χ4n) is 6.61. The van der Waals surface area contributed by atoms with Gasteiger partial charge in [-0.2, -0.15) is 0 Å². The standard InChI is InChI=1S/C36H44ClN3O3/c1-36(2,25-40-17-7-3-4-8-18-40)24-38-35(41)27-12-14-34(31(37)22-27)42-28-15-19-39(20-16-28)23-26-11-13-33-30(21-26)29-9-5-6-10-32(29)43-33/h5-6,9-14,21-22,28H,3-4,7-8,15-20,23-25H2,1-2H3,(H,38,41). The predicted octanol–water partition coefficient (Wildman–Crippen LogP) is 7.91. The molecule has 6 rings (SSSR count). The third-order valence-corrected chi connectivity index (χ3v) is 9.24.